The van der Waals surface area contributed by atoms with Crippen molar-refractivity contribution < 1.29 is 9.84 Å². The van der Waals surface area contributed by atoms with E-state index in [2.05, 4.69) is 0 Å². The molecule has 1 N–H and O–H groups in total. The second kappa shape index (κ2) is 2.71. The topological polar surface area (TPSA) is 29.5 Å². The van der Waals surface area contributed by atoms with Crippen LogP contribution in [0.5, 0.6) is 0 Å². The first kappa shape index (κ1) is 8.52. The summed E-state index contributed by atoms with van der Waals surface area (Å²) in [7, 11) is 0. The molecule has 2 heteroatoms. The van der Waals surface area contributed by atoms with Crippen molar-refractivity contribution in [2.75, 3.05) is 0 Å². The molecule has 2 aliphatic rings. The summed E-state index contributed by atoms with van der Waals surface area (Å²) < 4.78 is 5.59. The Labute approximate surface area is 73.9 Å². The minimum atomic E-state index is -0.935. The van der Waals surface area contributed by atoms with Crippen LogP contribution in [0, 0.1) is 11.8 Å². The Morgan fingerprint density at radius 2 is 2.00 bits per heavy atom. The second-order valence-electron chi connectivity index (χ2n) is 4.78. The highest BCUT2D eigenvalue weighted by Crippen LogP contribution is 2.46. The first-order chi connectivity index (χ1) is 5.54. The van der Waals surface area contributed by atoms with Gasteiger partial charge in [-0.3, -0.25) is 0 Å². The van der Waals surface area contributed by atoms with E-state index in [1.165, 1.54) is 25.7 Å². The van der Waals surface area contributed by atoms with Gasteiger partial charge >= 0.3 is 0 Å². The second-order valence-corrected chi connectivity index (χ2v) is 4.78. The van der Waals surface area contributed by atoms with Crippen LogP contribution in [0.3, 0.4) is 0 Å². The standard InChI is InChI=1S/C10H18O2/c1-10(2,11)12-9-6-7-3-4-8(9)5-7/h7-9,11H,3-6H2,1-2H3. The van der Waals surface area contributed by atoms with Gasteiger partial charge in [-0.2, -0.15) is 0 Å². The van der Waals surface area contributed by atoms with Crippen molar-refractivity contribution in [2.45, 2.75) is 51.4 Å². The summed E-state index contributed by atoms with van der Waals surface area (Å²) in [6, 6.07) is 0. The fraction of sp³-hybridized carbons (Fsp3) is 1.00. The highest BCUT2D eigenvalue weighted by atomic mass is 16.6. The molecule has 0 aliphatic heterocycles. The van der Waals surface area contributed by atoms with Gasteiger partial charge in [0.05, 0.1) is 6.10 Å². The van der Waals surface area contributed by atoms with Crippen molar-refractivity contribution in [1.29, 1.82) is 0 Å². The van der Waals surface area contributed by atoms with Crippen LogP contribution in [-0.2, 0) is 4.74 Å². The van der Waals surface area contributed by atoms with Gasteiger partial charge in [0.15, 0.2) is 5.79 Å². The molecule has 12 heavy (non-hydrogen) atoms. The lowest BCUT2D eigenvalue weighted by molar-refractivity contribution is -0.214. The quantitative estimate of drug-likeness (QED) is 0.641. The van der Waals surface area contributed by atoms with E-state index in [1.807, 2.05) is 0 Å². The molecule has 2 nitrogen and oxygen atoms in total. The Hall–Kier alpha value is -0.0800. The highest BCUT2D eigenvalue weighted by molar-refractivity contribution is 4.91. The van der Waals surface area contributed by atoms with Gasteiger partial charge in [0.2, 0.25) is 0 Å². The number of hydrogen-bond acceptors (Lipinski definition) is 2. The summed E-state index contributed by atoms with van der Waals surface area (Å²) in [5.74, 6) is 0.693. The van der Waals surface area contributed by atoms with Crippen LogP contribution in [-0.4, -0.2) is 17.0 Å². The lowest BCUT2D eigenvalue weighted by atomic mass is 9.97. The van der Waals surface area contributed by atoms with Crippen LogP contribution in [0.25, 0.3) is 0 Å². The van der Waals surface area contributed by atoms with Crippen LogP contribution >= 0.6 is 0 Å². The summed E-state index contributed by atoms with van der Waals surface area (Å²) in [5, 5.41) is 9.48. The van der Waals surface area contributed by atoms with Crippen molar-refractivity contribution in [3.05, 3.63) is 0 Å². The van der Waals surface area contributed by atoms with E-state index >= 15 is 0 Å². The average Bonchev–Trinajstić information content (AvgIpc) is 2.42. The third-order valence-corrected chi connectivity index (χ3v) is 3.11. The zero-order valence-electron chi connectivity index (χ0n) is 7.92. The Bertz CT molecular complexity index is 171. The van der Waals surface area contributed by atoms with Gasteiger partial charge in [-0.05, 0) is 51.4 Å². The van der Waals surface area contributed by atoms with E-state index in [4.69, 9.17) is 4.74 Å². The largest absolute Gasteiger partial charge is 0.366 e. The minimum Gasteiger partial charge on any atom is -0.366 e. The van der Waals surface area contributed by atoms with Crippen molar-refractivity contribution in [1.82, 2.24) is 0 Å². The lowest BCUT2D eigenvalue weighted by Gasteiger charge is -2.29. The van der Waals surface area contributed by atoms with Crippen LogP contribution in [0.15, 0.2) is 0 Å². The number of aliphatic hydroxyl groups is 1. The Balaban J connectivity index is 1.91. The number of fused-ring (bicyclic) bond motifs is 2. The smallest absolute Gasteiger partial charge is 0.160 e. The molecule has 2 rings (SSSR count). The molecule has 3 atom stereocenters. The molecule has 0 aromatic carbocycles. The van der Waals surface area contributed by atoms with Crippen molar-refractivity contribution in [3.63, 3.8) is 0 Å². The average molecular weight is 170 g/mol. The molecule has 2 fully saturated rings. The fourth-order valence-electron chi connectivity index (χ4n) is 2.70. The van der Waals surface area contributed by atoms with Gasteiger partial charge in [-0.15, -0.1) is 0 Å². The number of ether oxygens (including phenoxy) is 1. The van der Waals surface area contributed by atoms with Crippen molar-refractivity contribution in [2.24, 2.45) is 11.8 Å². The van der Waals surface area contributed by atoms with Crippen LogP contribution in [0.1, 0.15) is 39.5 Å². The molecule has 3 unspecified atom stereocenters. The molecule has 2 bridgehead atoms. The number of rotatable bonds is 2. The summed E-state index contributed by atoms with van der Waals surface area (Å²) in [6.45, 7) is 3.44. The van der Waals surface area contributed by atoms with E-state index < -0.39 is 5.79 Å². The molecule has 0 amide bonds. The molecule has 0 heterocycles. The molecule has 0 aromatic heterocycles. The minimum absolute atomic E-state index is 0.337. The van der Waals surface area contributed by atoms with E-state index in [0.717, 1.165) is 11.8 Å². The van der Waals surface area contributed by atoms with Crippen LogP contribution < -0.4 is 0 Å². The third-order valence-electron chi connectivity index (χ3n) is 3.11. The summed E-state index contributed by atoms with van der Waals surface area (Å²) in [5.41, 5.74) is 0. The van der Waals surface area contributed by atoms with Gasteiger partial charge < -0.3 is 9.84 Å². The van der Waals surface area contributed by atoms with Crippen LogP contribution in [0.2, 0.25) is 0 Å². The molecule has 0 aromatic rings. The lowest BCUT2D eigenvalue weighted by Crippen LogP contribution is -2.33. The molecule has 0 spiro atoms. The highest BCUT2D eigenvalue weighted by Gasteiger charge is 2.41. The maximum absolute atomic E-state index is 9.48. The van der Waals surface area contributed by atoms with Crippen molar-refractivity contribution >= 4 is 0 Å². The van der Waals surface area contributed by atoms with E-state index in [1.54, 1.807) is 13.8 Å². The Kier molecular flexibility index (Phi) is 1.92. The summed E-state index contributed by atoms with van der Waals surface area (Å²) in [4.78, 5) is 0. The van der Waals surface area contributed by atoms with Crippen LogP contribution in [0.4, 0.5) is 0 Å². The molecule has 2 aliphatic carbocycles. The predicted octanol–water partition coefficient (Wildman–Crippen LogP) is 1.92. The normalized spacial score (nSPS) is 40.8. The first-order valence-corrected chi connectivity index (χ1v) is 4.95. The van der Waals surface area contributed by atoms with E-state index in [9.17, 15) is 5.11 Å². The Morgan fingerprint density at radius 3 is 2.42 bits per heavy atom. The maximum Gasteiger partial charge on any atom is 0.160 e. The van der Waals surface area contributed by atoms with Gasteiger partial charge in [0.1, 0.15) is 0 Å². The molecule has 0 saturated heterocycles. The maximum atomic E-state index is 9.48. The Morgan fingerprint density at radius 1 is 1.25 bits per heavy atom. The summed E-state index contributed by atoms with van der Waals surface area (Å²) >= 11 is 0. The SMILES string of the molecule is CC(C)(O)OC1CC2CCC1C2. The molecule has 70 valence electrons. The van der Waals surface area contributed by atoms with Gasteiger partial charge in [0, 0.05) is 0 Å². The van der Waals surface area contributed by atoms with E-state index in [-0.39, 0.29) is 0 Å². The molecular weight excluding hydrogens is 152 g/mol. The summed E-state index contributed by atoms with van der Waals surface area (Å²) in [6.07, 6.45) is 5.54. The molecular formula is C10H18O2. The van der Waals surface area contributed by atoms with Gasteiger partial charge in [-0.1, -0.05) is 0 Å². The van der Waals surface area contributed by atoms with Crippen molar-refractivity contribution in [3.8, 4) is 0 Å². The first-order valence-electron chi connectivity index (χ1n) is 4.95. The predicted molar refractivity (Wildman–Crippen MR) is 46.6 cm³/mol. The zero-order valence-corrected chi connectivity index (χ0v) is 7.92. The molecule has 0 radical (unpaired) electrons. The van der Waals surface area contributed by atoms with Gasteiger partial charge in [0.25, 0.3) is 0 Å². The van der Waals surface area contributed by atoms with E-state index in [0.29, 0.717) is 6.10 Å². The monoisotopic (exact) mass is 170 g/mol. The zero-order chi connectivity index (χ0) is 8.77. The van der Waals surface area contributed by atoms with Gasteiger partial charge in [-0.25, -0.2) is 0 Å². The fourth-order valence-corrected chi connectivity index (χ4v) is 2.70. The number of hydrogen-bond donors (Lipinski definition) is 1. The molecule has 2 saturated carbocycles. The third kappa shape index (κ3) is 1.64.